The van der Waals surface area contributed by atoms with Crippen molar-refractivity contribution in [2.45, 2.75) is 19.8 Å². The van der Waals surface area contributed by atoms with Crippen LogP contribution in [0.1, 0.15) is 35.8 Å². The van der Waals surface area contributed by atoms with Gasteiger partial charge in [0.2, 0.25) is 0 Å². The highest BCUT2D eigenvalue weighted by molar-refractivity contribution is 9.11. The van der Waals surface area contributed by atoms with Crippen LogP contribution in [0.2, 0.25) is 0 Å². The van der Waals surface area contributed by atoms with Crippen LogP contribution in [0.5, 0.6) is 0 Å². The Kier molecular flexibility index (Phi) is 4.42. The van der Waals surface area contributed by atoms with Gasteiger partial charge in [0.15, 0.2) is 5.82 Å². The number of benzene rings is 1. The number of anilines is 1. The molecule has 6 heteroatoms. The maximum atomic E-state index is 12.1. The number of H-pyrrole nitrogens is 1. The molecule has 0 unspecified atom stereocenters. The van der Waals surface area contributed by atoms with Gasteiger partial charge in [-0.15, -0.1) is 0 Å². The topological polar surface area (TPSA) is 57.8 Å². The van der Waals surface area contributed by atoms with Crippen LogP contribution in [0.4, 0.5) is 5.82 Å². The Balaban J connectivity index is 2.16. The van der Waals surface area contributed by atoms with Crippen molar-refractivity contribution in [1.82, 2.24) is 10.2 Å². The van der Waals surface area contributed by atoms with Crippen molar-refractivity contribution in [1.29, 1.82) is 0 Å². The minimum Gasteiger partial charge on any atom is -0.305 e. The van der Waals surface area contributed by atoms with Crippen LogP contribution in [-0.4, -0.2) is 16.1 Å². The molecule has 0 saturated heterocycles. The number of nitrogens with one attached hydrogen (secondary N) is 2. The first-order valence-electron chi connectivity index (χ1n) is 5.79. The summed E-state index contributed by atoms with van der Waals surface area (Å²) in [7, 11) is 0. The molecule has 100 valence electrons. The molecule has 0 radical (unpaired) electrons. The first-order valence-corrected chi connectivity index (χ1v) is 7.37. The van der Waals surface area contributed by atoms with Crippen LogP contribution in [0.25, 0.3) is 0 Å². The molecule has 0 spiro atoms. The van der Waals surface area contributed by atoms with Crippen LogP contribution in [0.15, 0.2) is 33.2 Å². The van der Waals surface area contributed by atoms with Crippen molar-refractivity contribution in [2.24, 2.45) is 0 Å². The summed E-state index contributed by atoms with van der Waals surface area (Å²) in [6.45, 7) is 4.12. The molecule has 0 saturated carbocycles. The van der Waals surface area contributed by atoms with Gasteiger partial charge in [-0.05, 0) is 40.0 Å². The number of nitrogens with zero attached hydrogens (tertiary/aromatic N) is 1. The number of carbonyl (C=O) groups excluding carboxylic acids is 1. The van der Waals surface area contributed by atoms with Crippen molar-refractivity contribution >= 4 is 43.6 Å². The summed E-state index contributed by atoms with van der Waals surface area (Å²) >= 11 is 6.72. The third-order valence-corrected chi connectivity index (χ3v) is 3.79. The Labute approximate surface area is 128 Å². The van der Waals surface area contributed by atoms with E-state index in [1.54, 1.807) is 6.07 Å². The normalized spacial score (nSPS) is 10.8. The molecule has 1 aromatic carbocycles. The Morgan fingerprint density at radius 1 is 1.32 bits per heavy atom. The van der Waals surface area contributed by atoms with Gasteiger partial charge in [-0.25, -0.2) is 0 Å². The molecular formula is C13H13Br2N3O. The lowest BCUT2D eigenvalue weighted by Gasteiger charge is -2.04. The smallest absolute Gasteiger partial charge is 0.258 e. The van der Waals surface area contributed by atoms with Gasteiger partial charge in [0.1, 0.15) is 0 Å². The number of halogens is 2. The van der Waals surface area contributed by atoms with Gasteiger partial charge in [0.05, 0.1) is 5.56 Å². The fourth-order valence-electron chi connectivity index (χ4n) is 1.55. The van der Waals surface area contributed by atoms with E-state index in [1.807, 2.05) is 18.2 Å². The second-order valence-corrected chi connectivity index (χ2v) is 6.21. The first kappa shape index (κ1) is 14.3. The second-order valence-electron chi connectivity index (χ2n) is 4.44. The maximum Gasteiger partial charge on any atom is 0.258 e. The van der Waals surface area contributed by atoms with Gasteiger partial charge < -0.3 is 5.32 Å². The Hall–Kier alpha value is -1.14. The van der Waals surface area contributed by atoms with E-state index in [1.165, 1.54) is 0 Å². The summed E-state index contributed by atoms with van der Waals surface area (Å²) in [5.41, 5.74) is 1.56. The molecule has 0 aliphatic rings. The van der Waals surface area contributed by atoms with Crippen molar-refractivity contribution in [3.8, 4) is 0 Å². The van der Waals surface area contributed by atoms with Gasteiger partial charge in [0.25, 0.3) is 5.91 Å². The minimum atomic E-state index is -0.193. The van der Waals surface area contributed by atoms with Crippen molar-refractivity contribution in [3.63, 3.8) is 0 Å². The van der Waals surface area contributed by atoms with Crippen molar-refractivity contribution in [3.05, 3.63) is 44.5 Å². The van der Waals surface area contributed by atoms with Gasteiger partial charge >= 0.3 is 0 Å². The van der Waals surface area contributed by atoms with Crippen LogP contribution >= 0.6 is 31.9 Å². The van der Waals surface area contributed by atoms with Crippen LogP contribution in [0, 0.1) is 0 Å². The highest BCUT2D eigenvalue weighted by Gasteiger charge is 2.12. The molecular weight excluding hydrogens is 374 g/mol. The lowest BCUT2D eigenvalue weighted by molar-refractivity contribution is 0.102. The molecule has 0 aliphatic carbocycles. The molecule has 1 amide bonds. The summed E-state index contributed by atoms with van der Waals surface area (Å²) < 4.78 is 1.65. The second kappa shape index (κ2) is 5.88. The van der Waals surface area contributed by atoms with Crippen LogP contribution in [-0.2, 0) is 0 Å². The fourth-order valence-corrected chi connectivity index (χ4v) is 2.78. The van der Waals surface area contributed by atoms with Crippen molar-refractivity contribution in [2.75, 3.05) is 5.32 Å². The Bertz CT molecular complexity index is 608. The first-order chi connectivity index (χ1) is 8.97. The Morgan fingerprint density at radius 3 is 2.63 bits per heavy atom. The van der Waals surface area contributed by atoms with Gasteiger partial charge in [-0.1, -0.05) is 29.8 Å². The SMILES string of the molecule is CC(C)c1cc(NC(=O)c2ccc(Br)cc2Br)n[nH]1. The lowest BCUT2D eigenvalue weighted by atomic mass is 10.1. The molecule has 4 nitrogen and oxygen atoms in total. The molecule has 19 heavy (non-hydrogen) atoms. The third kappa shape index (κ3) is 3.45. The summed E-state index contributed by atoms with van der Waals surface area (Å²) in [6.07, 6.45) is 0. The van der Waals surface area contributed by atoms with E-state index in [0.29, 0.717) is 17.3 Å². The standard InChI is InChI=1S/C13H13Br2N3O/c1-7(2)11-6-12(18-17-11)16-13(19)9-4-3-8(14)5-10(9)15/h3-7H,1-2H3,(H2,16,17,18,19). The number of amides is 1. The molecule has 2 rings (SSSR count). The highest BCUT2D eigenvalue weighted by Crippen LogP contribution is 2.23. The Morgan fingerprint density at radius 2 is 2.05 bits per heavy atom. The largest absolute Gasteiger partial charge is 0.305 e. The van der Waals surface area contributed by atoms with Gasteiger partial charge in [-0.3, -0.25) is 9.89 Å². The van der Waals surface area contributed by atoms with E-state index in [2.05, 4.69) is 61.2 Å². The zero-order valence-corrected chi connectivity index (χ0v) is 13.7. The molecule has 1 aromatic heterocycles. The number of aromatic nitrogens is 2. The number of carbonyl (C=O) groups is 1. The molecule has 0 atom stereocenters. The molecule has 1 heterocycles. The summed E-state index contributed by atoms with van der Waals surface area (Å²) in [6, 6.07) is 7.25. The van der Waals surface area contributed by atoms with Crippen LogP contribution < -0.4 is 5.32 Å². The molecule has 0 fully saturated rings. The number of rotatable bonds is 3. The lowest BCUT2D eigenvalue weighted by Crippen LogP contribution is -2.12. The maximum absolute atomic E-state index is 12.1. The third-order valence-electron chi connectivity index (χ3n) is 2.64. The van der Waals surface area contributed by atoms with Crippen molar-refractivity contribution < 1.29 is 4.79 Å². The van der Waals surface area contributed by atoms with E-state index in [-0.39, 0.29) is 5.91 Å². The molecule has 2 N–H and O–H groups in total. The predicted molar refractivity (Wildman–Crippen MR) is 82.5 cm³/mol. The molecule has 0 aliphatic heterocycles. The molecule has 2 aromatic rings. The van der Waals surface area contributed by atoms with E-state index >= 15 is 0 Å². The predicted octanol–water partition coefficient (Wildman–Crippen LogP) is 4.31. The van der Waals surface area contributed by atoms with Gasteiger partial charge in [0, 0.05) is 20.7 Å². The summed E-state index contributed by atoms with van der Waals surface area (Å²) in [5, 5.41) is 9.74. The average Bonchev–Trinajstić information content (AvgIpc) is 2.77. The highest BCUT2D eigenvalue weighted by atomic mass is 79.9. The minimum absolute atomic E-state index is 0.193. The monoisotopic (exact) mass is 385 g/mol. The quantitative estimate of drug-likeness (QED) is 0.825. The summed E-state index contributed by atoms with van der Waals surface area (Å²) in [4.78, 5) is 12.1. The zero-order chi connectivity index (χ0) is 14.0. The summed E-state index contributed by atoms with van der Waals surface area (Å²) in [5.74, 6) is 0.683. The van der Waals surface area contributed by atoms with E-state index in [9.17, 15) is 4.79 Å². The zero-order valence-electron chi connectivity index (χ0n) is 10.5. The number of hydrogen-bond donors (Lipinski definition) is 2. The number of hydrogen-bond acceptors (Lipinski definition) is 2. The van der Waals surface area contributed by atoms with E-state index < -0.39 is 0 Å². The van der Waals surface area contributed by atoms with Crippen LogP contribution in [0.3, 0.4) is 0 Å². The van der Waals surface area contributed by atoms with Gasteiger partial charge in [-0.2, -0.15) is 5.10 Å². The average molecular weight is 387 g/mol. The number of aromatic amines is 1. The van der Waals surface area contributed by atoms with E-state index in [4.69, 9.17) is 0 Å². The fraction of sp³-hybridized carbons (Fsp3) is 0.231. The molecule has 0 bridgehead atoms. The van der Waals surface area contributed by atoms with E-state index in [0.717, 1.165) is 14.6 Å².